The number of alkyl halides is 3. The van der Waals surface area contributed by atoms with Crippen molar-refractivity contribution in [3.05, 3.63) is 54.0 Å². The number of nitrogens with zero attached hydrogens (tertiary/aromatic N) is 3. The lowest BCUT2D eigenvalue weighted by molar-refractivity contribution is -0.137. The zero-order valence-corrected chi connectivity index (χ0v) is 13.8. The number of rotatable bonds is 5. The molecule has 0 amide bonds. The van der Waals surface area contributed by atoms with E-state index in [2.05, 4.69) is 15.1 Å². The van der Waals surface area contributed by atoms with Crippen molar-refractivity contribution in [1.82, 2.24) is 15.1 Å². The third-order valence-corrected chi connectivity index (χ3v) is 4.15. The van der Waals surface area contributed by atoms with Gasteiger partial charge in [-0.05, 0) is 24.3 Å². The Balaban J connectivity index is 1.68. The first-order valence-corrected chi connectivity index (χ1v) is 8.08. The summed E-state index contributed by atoms with van der Waals surface area (Å²) in [6.45, 7) is 0. The predicted molar refractivity (Wildman–Crippen MR) is 85.1 cm³/mol. The van der Waals surface area contributed by atoms with Gasteiger partial charge >= 0.3 is 6.18 Å². The van der Waals surface area contributed by atoms with Crippen LogP contribution in [0.5, 0.6) is 5.75 Å². The molecule has 0 radical (unpaired) electrons. The molecule has 0 saturated heterocycles. The van der Waals surface area contributed by atoms with Gasteiger partial charge in [0, 0.05) is 6.20 Å². The molecule has 25 heavy (non-hydrogen) atoms. The fourth-order valence-electron chi connectivity index (χ4n) is 2.02. The summed E-state index contributed by atoms with van der Waals surface area (Å²) in [4.78, 5) is 8.06. The first-order valence-electron chi connectivity index (χ1n) is 7.09. The van der Waals surface area contributed by atoms with E-state index in [1.165, 1.54) is 17.8 Å². The first-order chi connectivity index (χ1) is 12.0. The Morgan fingerprint density at radius 3 is 2.64 bits per heavy atom. The molecule has 0 aliphatic heterocycles. The van der Waals surface area contributed by atoms with Crippen molar-refractivity contribution in [2.24, 2.45) is 0 Å². The van der Waals surface area contributed by atoms with E-state index < -0.39 is 11.7 Å². The molecule has 3 rings (SSSR count). The summed E-state index contributed by atoms with van der Waals surface area (Å²) in [6.07, 6.45) is -3.59. The fraction of sp³-hybridized carbons (Fsp3) is 0.188. The van der Waals surface area contributed by atoms with E-state index in [-0.39, 0.29) is 0 Å². The number of aromatic nitrogens is 3. The number of pyridine rings is 1. The van der Waals surface area contributed by atoms with Gasteiger partial charge in [0.1, 0.15) is 5.75 Å². The molecule has 5 nitrogen and oxygen atoms in total. The van der Waals surface area contributed by atoms with Crippen molar-refractivity contribution in [3.63, 3.8) is 0 Å². The molecule has 0 spiro atoms. The second-order valence-electron chi connectivity index (χ2n) is 4.88. The van der Waals surface area contributed by atoms with Gasteiger partial charge in [-0.25, -0.2) is 4.98 Å². The highest BCUT2D eigenvalue weighted by molar-refractivity contribution is 7.98. The lowest BCUT2D eigenvalue weighted by atomic mass is 10.2. The van der Waals surface area contributed by atoms with E-state index in [4.69, 9.17) is 9.26 Å². The first kappa shape index (κ1) is 17.3. The molecule has 0 aliphatic rings. The maximum atomic E-state index is 12.5. The number of hydrogen-bond donors (Lipinski definition) is 0. The third kappa shape index (κ3) is 4.11. The Labute approximate surface area is 145 Å². The zero-order valence-electron chi connectivity index (χ0n) is 12.9. The molecule has 0 unspecified atom stereocenters. The Morgan fingerprint density at radius 2 is 1.96 bits per heavy atom. The quantitative estimate of drug-likeness (QED) is 0.621. The Bertz CT molecular complexity index is 850. The van der Waals surface area contributed by atoms with Gasteiger partial charge in [-0.1, -0.05) is 29.1 Å². The summed E-state index contributed by atoms with van der Waals surface area (Å²) in [5.41, 5.74) is -0.0919. The summed E-state index contributed by atoms with van der Waals surface area (Å²) >= 11 is 1.21. The van der Waals surface area contributed by atoms with Crippen LogP contribution in [0.15, 0.2) is 52.1 Å². The molecule has 0 fully saturated rings. The van der Waals surface area contributed by atoms with Crippen LogP contribution in [0.4, 0.5) is 13.2 Å². The van der Waals surface area contributed by atoms with Crippen LogP contribution in [0.1, 0.15) is 11.5 Å². The van der Waals surface area contributed by atoms with Crippen LogP contribution >= 0.6 is 11.8 Å². The summed E-state index contributed by atoms with van der Waals surface area (Å²) in [5.74, 6) is 1.63. The molecule has 2 heterocycles. The van der Waals surface area contributed by atoms with Crippen LogP contribution in [-0.2, 0) is 11.9 Å². The molecule has 0 aliphatic carbocycles. The normalized spacial score (nSPS) is 11.5. The molecule has 0 atom stereocenters. The summed E-state index contributed by atoms with van der Waals surface area (Å²) < 4.78 is 47.9. The van der Waals surface area contributed by atoms with Gasteiger partial charge in [-0.15, -0.1) is 0 Å². The van der Waals surface area contributed by atoms with Crippen LogP contribution in [0.2, 0.25) is 0 Å². The number of ether oxygens (including phenoxy) is 1. The second kappa shape index (κ2) is 7.14. The third-order valence-electron chi connectivity index (χ3n) is 3.22. The van der Waals surface area contributed by atoms with Crippen molar-refractivity contribution in [2.45, 2.75) is 17.0 Å². The highest BCUT2D eigenvalue weighted by Crippen LogP contribution is 2.31. The van der Waals surface area contributed by atoms with Crippen molar-refractivity contribution >= 4 is 11.8 Å². The number of methoxy groups -OCH3 is 1. The van der Waals surface area contributed by atoms with Crippen LogP contribution < -0.4 is 4.74 Å². The Hall–Kier alpha value is -2.55. The van der Waals surface area contributed by atoms with Crippen molar-refractivity contribution < 1.29 is 22.4 Å². The van der Waals surface area contributed by atoms with Gasteiger partial charge in [0.05, 0.1) is 29.0 Å². The predicted octanol–water partition coefficient (Wildman–Crippen LogP) is 4.45. The van der Waals surface area contributed by atoms with Gasteiger partial charge < -0.3 is 9.26 Å². The van der Waals surface area contributed by atoms with E-state index in [0.29, 0.717) is 33.8 Å². The van der Waals surface area contributed by atoms with Gasteiger partial charge in [0.15, 0.2) is 0 Å². The number of hydrogen-bond acceptors (Lipinski definition) is 6. The molecule has 130 valence electrons. The minimum absolute atomic E-state index is 0.292. The smallest absolute Gasteiger partial charge is 0.417 e. The SMILES string of the molecule is COc1ccccc1-c1noc(CSc2ccc(C(F)(F)F)cn2)n1. The average Bonchev–Trinajstić information content (AvgIpc) is 3.08. The summed E-state index contributed by atoms with van der Waals surface area (Å²) in [5, 5.41) is 4.34. The highest BCUT2D eigenvalue weighted by Gasteiger charge is 2.30. The fourth-order valence-corrected chi connectivity index (χ4v) is 2.70. The van der Waals surface area contributed by atoms with E-state index in [9.17, 15) is 13.2 Å². The maximum absolute atomic E-state index is 12.5. The van der Waals surface area contributed by atoms with Crippen LogP contribution in [0.25, 0.3) is 11.4 Å². The Kier molecular flexibility index (Phi) is 4.93. The molecular formula is C16H12F3N3O2S. The number of halogens is 3. The molecule has 1 aromatic carbocycles. The standard InChI is InChI=1S/C16H12F3N3O2S/c1-23-12-5-3-2-4-11(12)15-21-13(24-22-15)9-25-14-7-6-10(8-20-14)16(17,18)19/h2-8H,9H2,1H3. The molecular weight excluding hydrogens is 355 g/mol. The lowest BCUT2D eigenvalue weighted by Gasteiger charge is -2.05. The molecule has 9 heteroatoms. The minimum atomic E-state index is -4.40. The molecule has 0 saturated carbocycles. The van der Waals surface area contributed by atoms with Gasteiger partial charge in [-0.2, -0.15) is 18.2 Å². The number of benzene rings is 1. The molecule has 0 bridgehead atoms. The monoisotopic (exact) mass is 367 g/mol. The maximum Gasteiger partial charge on any atom is 0.417 e. The van der Waals surface area contributed by atoms with Crippen LogP contribution in [-0.4, -0.2) is 22.2 Å². The number of thioether (sulfide) groups is 1. The van der Waals surface area contributed by atoms with E-state index >= 15 is 0 Å². The van der Waals surface area contributed by atoms with Crippen molar-refractivity contribution in [2.75, 3.05) is 7.11 Å². The van der Waals surface area contributed by atoms with E-state index in [0.717, 1.165) is 12.3 Å². The van der Waals surface area contributed by atoms with Crippen molar-refractivity contribution in [3.8, 4) is 17.1 Å². The minimum Gasteiger partial charge on any atom is -0.496 e. The average molecular weight is 367 g/mol. The molecule has 0 N–H and O–H groups in total. The summed E-state index contributed by atoms with van der Waals surface area (Å²) in [6, 6.07) is 9.54. The molecule has 2 aromatic heterocycles. The largest absolute Gasteiger partial charge is 0.496 e. The van der Waals surface area contributed by atoms with Crippen LogP contribution in [0.3, 0.4) is 0 Å². The lowest BCUT2D eigenvalue weighted by Crippen LogP contribution is -2.05. The molecule has 3 aromatic rings. The highest BCUT2D eigenvalue weighted by atomic mass is 32.2. The van der Waals surface area contributed by atoms with Crippen LogP contribution in [0, 0.1) is 0 Å². The summed E-state index contributed by atoms with van der Waals surface area (Å²) in [7, 11) is 1.55. The second-order valence-corrected chi connectivity index (χ2v) is 5.88. The van der Waals surface area contributed by atoms with Gasteiger partial charge in [0.25, 0.3) is 0 Å². The number of para-hydroxylation sites is 1. The van der Waals surface area contributed by atoms with E-state index in [1.54, 1.807) is 19.2 Å². The Morgan fingerprint density at radius 1 is 1.16 bits per heavy atom. The van der Waals surface area contributed by atoms with Gasteiger partial charge in [-0.3, -0.25) is 0 Å². The van der Waals surface area contributed by atoms with E-state index in [1.807, 2.05) is 12.1 Å². The zero-order chi connectivity index (χ0) is 17.9. The topological polar surface area (TPSA) is 61.0 Å². The van der Waals surface area contributed by atoms with Gasteiger partial charge in [0.2, 0.25) is 11.7 Å². The van der Waals surface area contributed by atoms with Crippen molar-refractivity contribution in [1.29, 1.82) is 0 Å².